The second kappa shape index (κ2) is 6.37. The maximum Gasteiger partial charge on any atom is 0.259 e. The summed E-state index contributed by atoms with van der Waals surface area (Å²) in [5, 5.41) is 3.86. The van der Waals surface area contributed by atoms with Gasteiger partial charge in [-0.05, 0) is 26.2 Å². The zero-order valence-electron chi connectivity index (χ0n) is 15.1. The lowest BCUT2D eigenvalue weighted by molar-refractivity contribution is 0.00334. The maximum atomic E-state index is 12.9. The van der Waals surface area contributed by atoms with E-state index < -0.39 is 10.0 Å². The van der Waals surface area contributed by atoms with Crippen molar-refractivity contribution in [2.24, 2.45) is 11.3 Å². The third-order valence-electron chi connectivity index (χ3n) is 5.54. The Morgan fingerprint density at radius 2 is 2.12 bits per heavy atom. The number of amides is 1. The Morgan fingerprint density at radius 3 is 2.68 bits per heavy atom. The van der Waals surface area contributed by atoms with Gasteiger partial charge >= 0.3 is 0 Å². The van der Waals surface area contributed by atoms with Gasteiger partial charge in [-0.3, -0.25) is 4.79 Å². The van der Waals surface area contributed by atoms with Crippen LogP contribution in [0, 0.1) is 25.2 Å². The number of rotatable bonds is 4. The third kappa shape index (κ3) is 3.20. The first-order valence-corrected chi connectivity index (χ1v) is 10.2. The lowest BCUT2D eigenvalue weighted by Gasteiger charge is -2.43. The van der Waals surface area contributed by atoms with Crippen LogP contribution < -0.4 is 0 Å². The molecule has 0 aromatic carbocycles. The van der Waals surface area contributed by atoms with E-state index in [1.54, 1.807) is 25.9 Å². The first kappa shape index (κ1) is 18.3. The molecular formula is C16H25N3O5S. The SMILES string of the molecule is COCC12CCN(C(=O)c3c(C)noc3C)CC1CN(S(C)(=O)=O)C2. The van der Waals surface area contributed by atoms with Crippen molar-refractivity contribution in [3.8, 4) is 0 Å². The predicted octanol–water partition coefficient (Wildman–Crippen LogP) is 0.662. The Balaban J connectivity index is 1.83. The standard InChI is InChI=1S/C16H25N3O5S/c1-11-14(12(2)24-17-11)15(20)18-6-5-16(10-23-3)9-19(25(4,21)22)8-13(16)7-18/h13H,5-10H2,1-4H3. The van der Waals surface area contributed by atoms with Crippen LogP contribution in [0.15, 0.2) is 4.52 Å². The van der Waals surface area contributed by atoms with Gasteiger partial charge in [0.2, 0.25) is 10.0 Å². The topological polar surface area (TPSA) is 92.9 Å². The smallest absolute Gasteiger partial charge is 0.259 e. The molecule has 2 fully saturated rings. The molecule has 2 unspecified atom stereocenters. The molecule has 9 heteroatoms. The van der Waals surface area contributed by atoms with E-state index in [0.717, 1.165) is 0 Å². The van der Waals surface area contributed by atoms with E-state index in [2.05, 4.69) is 5.16 Å². The fourth-order valence-corrected chi connectivity index (χ4v) is 5.08. The predicted molar refractivity (Wildman–Crippen MR) is 90.7 cm³/mol. The van der Waals surface area contributed by atoms with Crippen LogP contribution in [-0.4, -0.2) is 74.8 Å². The molecule has 0 saturated carbocycles. The summed E-state index contributed by atoms with van der Waals surface area (Å²) in [6.07, 6.45) is 1.95. The quantitative estimate of drug-likeness (QED) is 0.772. The number of piperidine rings is 1. The molecule has 140 valence electrons. The number of sulfonamides is 1. The summed E-state index contributed by atoms with van der Waals surface area (Å²) < 4.78 is 36.0. The number of carbonyl (C=O) groups excluding carboxylic acids is 1. The van der Waals surface area contributed by atoms with Crippen LogP contribution in [0.3, 0.4) is 0 Å². The Labute approximate surface area is 148 Å². The van der Waals surface area contributed by atoms with Crippen LogP contribution in [0.5, 0.6) is 0 Å². The Morgan fingerprint density at radius 1 is 1.40 bits per heavy atom. The van der Waals surface area contributed by atoms with E-state index in [4.69, 9.17) is 9.26 Å². The molecule has 0 spiro atoms. The van der Waals surface area contributed by atoms with Crippen LogP contribution >= 0.6 is 0 Å². The van der Waals surface area contributed by atoms with Gasteiger partial charge in [-0.1, -0.05) is 5.16 Å². The largest absolute Gasteiger partial charge is 0.384 e. The molecule has 2 aliphatic rings. The van der Waals surface area contributed by atoms with Crippen LogP contribution in [0.1, 0.15) is 28.2 Å². The molecule has 0 N–H and O–H groups in total. The molecule has 8 nitrogen and oxygen atoms in total. The van der Waals surface area contributed by atoms with E-state index in [9.17, 15) is 13.2 Å². The first-order chi connectivity index (χ1) is 11.7. The molecule has 2 aliphatic heterocycles. The van der Waals surface area contributed by atoms with Crippen molar-refractivity contribution in [3.05, 3.63) is 17.0 Å². The molecular weight excluding hydrogens is 346 g/mol. The summed E-state index contributed by atoms with van der Waals surface area (Å²) in [7, 11) is -1.63. The van der Waals surface area contributed by atoms with E-state index in [1.807, 2.05) is 0 Å². The van der Waals surface area contributed by atoms with Gasteiger partial charge in [0.25, 0.3) is 5.91 Å². The second-order valence-corrected chi connectivity index (χ2v) is 9.23. The van der Waals surface area contributed by atoms with Gasteiger partial charge in [0.1, 0.15) is 11.3 Å². The molecule has 25 heavy (non-hydrogen) atoms. The molecule has 1 aromatic rings. The number of hydrogen-bond donors (Lipinski definition) is 0. The number of carbonyl (C=O) groups is 1. The summed E-state index contributed by atoms with van der Waals surface area (Å²) in [5.41, 5.74) is 0.866. The van der Waals surface area contributed by atoms with Gasteiger partial charge in [0.05, 0.1) is 18.6 Å². The minimum atomic E-state index is -3.26. The van der Waals surface area contributed by atoms with Crippen LogP contribution in [0.25, 0.3) is 0 Å². The van der Waals surface area contributed by atoms with E-state index >= 15 is 0 Å². The highest BCUT2D eigenvalue weighted by Gasteiger charge is 2.52. The van der Waals surface area contributed by atoms with Crippen molar-refractivity contribution in [1.29, 1.82) is 0 Å². The lowest BCUT2D eigenvalue weighted by Crippen LogP contribution is -2.51. The Bertz CT molecular complexity index is 755. The molecule has 2 saturated heterocycles. The zero-order chi connectivity index (χ0) is 18.4. The Kier molecular flexibility index (Phi) is 4.67. The number of aryl methyl sites for hydroxylation is 2. The van der Waals surface area contributed by atoms with Gasteiger partial charge in [0.15, 0.2) is 0 Å². The molecule has 3 heterocycles. The summed E-state index contributed by atoms with van der Waals surface area (Å²) >= 11 is 0. The van der Waals surface area contributed by atoms with Gasteiger partial charge in [-0.25, -0.2) is 12.7 Å². The number of methoxy groups -OCH3 is 1. The van der Waals surface area contributed by atoms with Gasteiger partial charge < -0.3 is 14.2 Å². The van der Waals surface area contributed by atoms with E-state index in [-0.39, 0.29) is 17.2 Å². The number of ether oxygens (including phenoxy) is 1. The zero-order valence-corrected chi connectivity index (χ0v) is 15.9. The molecule has 0 aliphatic carbocycles. The van der Waals surface area contributed by atoms with Crippen LogP contribution in [0.2, 0.25) is 0 Å². The van der Waals surface area contributed by atoms with Crippen molar-refractivity contribution in [1.82, 2.24) is 14.4 Å². The first-order valence-electron chi connectivity index (χ1n) is 8.34. The fraction of sp³-hybridized carbons (Fsp3) is 0.750. The number of aromatic nitrogens is 1. The summed E-state index contributed by atoms with van der Waals surface area (Å²) in [5.74, 6) is 0.473. The van der Waals surface area contributed by atoms with Crippen molar-refractivity contribution in [2.75, 3.05) is 46.2 Å². The molecule has 0 radical (unpaired) electrons. The minimum Gasteiger partial charge on any atom is -0.384 e. The van der Waals surface area contributed by atoms with Crippen LogP contribution in [-0.2, 0) is 14.8 Å². The highest BCUT2D eigenvalue weighted by molar-refractivity contribution is 7.88. The van der Waals surface area contributed by atoms with Gasteiger partial charge in [-0.2, -0.15) is 0 Å². The minimum absolute atomic E-state index is 0.0559. The second-order valence-electron chi connectivity index (χ2n) is 7.25. The molecule has 3 rings (SSSR count). The highest BCUT2D eigenvalue weighted by Crippen LogP contribution is 2.44. The van der Waals surface area contributed by atoms with Crippen molar-refractivity contribution in [3.63, 3.8) is 0 Å². The monoisotopic (exact) mass is 371 g/mol. The van der Waals surface area contributed by atoms with Gasteiger partial charge in [0, 0.05) is 38.7 Å². The van der Waals surface area contributed by atoms with Crippen molar-refractivity contribution in [2.45, 2.75) is 20.3 Å². The normalized spacial score (nSPS) is 27.5. The maximum absolute atomic E-state index is 12.9. The number of nitrogens with zero attached hydrogens (tertiary/aromatic N) is 3. The van der Waals surface area contributed by atoms with Gasteiger partial charge in [-0.15, -0.1) is 0 Å². The highest BCUT2D eigenvalue weighted by atomic mass is 32.2. The lowest BCUT2D eigenvalue weighted by atomic mass is 9.73. The summed E-state index contributed by atoms with van der Waals surface area (Å²) in [4.78, 5) is 14.7. The molecule has 1 aromatic heterocycles. The number of hydrogen-bond acceptors (Lipinski definition) is 6. The van der Waals surface area contributed by atoms with Crippen LogP contribution in [0.4, 0.5) is 0 Å². The number of likely N-dealkylation sites (tertiary alicyclic amines) is 1. The summed E-state index contributed by atoms with van der Waals surface area (Å²) in [6, 6.07) is 0. The third-order valence-corrected chi connectivity index (χ3v) is 6.75. The average molecular weight is 371 g/mol. The molecule has 1 amide bonds. The number of fused-ring (bicyclic) bond motifs is 1. The Hall–Kier alpha value is -1.45. The van der Waals surface area contributed by atoms with E-state index in [1.165, 1.54) is 10.6 Å². The van der Waals surface area contributed by atoms with Crippen molar-refractivity contribution >= 4 is 15.9 Å². The van der Waals surface area contributed by atoms with E-state index in [0.29, 0.717) is 56.2 Å². The molecule has 2 atom stereocenters. The fourth-order valence-electron chi connectivity index (χ4n) is 4.14. The molecule has 0 bridgehead atoms. The summed E-state index contributed by atoms with van der Waals surface area (Å²) in [6.45, 7) is 5.94. The van der Waals surface area contributed by atoms with Crippen molar-refractivity contribution < 1.29 is 22.5 Å². The average Bonchev–Trinajstić information content (AvgIpc) is 3.06.